The van der Waals surface area contributed by atoms with Crippen LogP contribution in [0.3, 0.4) is 0 Å². The molecule has 0 radical (unpaired) electrons. The fourth-order valence-corrected chi connectivity index (χ4v) is 4.70. The monoisotopic (exact) mass is 583 g/mol. The van der Waals surface area contributed by atoms with Crippen molar-refractivity contribution >= 4 is 58.5 Å². The van der Waals surface area contributed by atoms with Crippen molar-refractivity contribution in [2.24, 2.45) is 0 Å². The summed E-state index contributed by atoms with van der Waals surface area (Å²) in [6.07, 6.45) is 1.65. The fraction of sp³-hybridized carbons (Fsp3) is 0.121. The zero-order valence-electron chi connectivity index (χ0n) is 22.7. The SMILES string of the molecule is CC(C)c1ccc(/C=C(\NC(=O)c2ccccc2)C(=O)Nc2ccc(SCC(=O)Nc3ccccc3Cl)cc2)cc1. The summed E-state index contributed by atoms with van der Waals surface area (Å²) in [4.78, 5) is 39.4. The van der Waals surface area contributed by atoms with Gasteiger partial charge in [0.1, 0.15) is 5.70 Å². The van der Waals surface area contributed by atoms with E-state index in [9.17, 15) is 14.4 Å². The first-order valence-corrected chi connectivity index (χ1v) is 14.4. The third-order valence-electron chi connectivity index (χ3n) is 6.07. The average Bonchev–Trinajstić information content (AvgIpc) is 2.98. The van der Waals surface area contributed by atoms with Crippen molar-refractivity contribution < 1.29 is 14.4 Å². The van der Waals surface area contributed by atoms with E-state index in [1.165, 1.54) is 17.3 Å². The number of nitrogens with one attached hydrogen (secondary N) is 3. The average molecular weight is 584 g/mol. The van der Waals surface area contributed by atoms with Crippen LogP contribution in [-0.2, 0) is 9.59 Å². The topological polar surface area (TPSA) is 87.3 Å². The van der Waals surface area contributed by atoms with Crippen LogP contribution in [0.1, 0.15) is 41.3 Å². The number of anilines is 2. The summed E-state index contributed by atoms with van der Waals surface area (Å²) in [5.74, 6) is -0.433. The van der Waals surface area contributed by atoms with Crippen molar-refractivity contribution in [3.63, 3.8) is 0 Å². The van der Waals surface area contributed by atoms with Gasteiger partial charge >= 0.3 is 0 Å². The number of rotatable bonds is 10. The molecule has 0 unspecified atom stereocenters. The van der Waals surface area contributed by atoms with Crippen molar-refractivity contribution in [2.45, 2.75) is 24.7 Å². The van der Waals surface area contributed by atoms with Gasteiger partial charge in [-0.2, -0.15) is 0 Å². The Kier molecular flexibility index (Phi) is 10.4. The Morgan fingerprint density at radius 3 is 2.12 bits per heavy atom. The fourth-order valence-electron chi connectivity index (χ4n) is 3.82. The van der Waals surface area contributed by atoms with Gasteiger partial charge in [-0.15, -0.1) is 11.8 Å². The molecule has 0 aliphatic carbocycles. The van der Waals surface area contributed by atoms with E-state index < -0.39 is 5.91 Å². The summed E-state index contributed by atoms with van der Waals surface area (Å²) in [6.45, 7) is 4.23. The molecule has 8 heteroatoms. The number of amides is 3. The molecular weight excluding hydrogens is 554 g/mol. The molecule has 0 saturated carbocycles. The second kappa shape index (κ2) is 14.3. The van der Waals surface area contributed by atoms with Crippen LogP contribution in [0.2, 0.25) is 5.02 Å². The molecule has 0 aliphatic heterocycles. The molecule has 4 aromatic carbocycles. The van der Waals surface area contributed by atoms with E-state index in [2.05, 4.69) is 29.8 Å². The molecule has 4 aromatic rings. The lowest BCUT2D eigenvalue weighted by Crippen LogP contribution is -2.30. The second-order valence-electron chi connectivity index (χ2n) is 9.49. The van der Waals surface area contributed by atoms with E-state index in [1.807, 2.05) is 42.5 Å². The third kappa shape index (κ3) is 8.83. The number of para-hydroxylation sites is 1. The number of halogens is 1. The second-order valence-corrected chi connectivity index (χ2v) is 11.0. The highest BCUT2D eigenvalue weighted by Crippen LogP contribution is 2.24. The molecule has 0 atom stereocenters. The Morgan fingerprint density at radius 1 is 0.805 bits per heavy atom. The van der Waals surface area contributed by atoms with Crippen LogP contribution in [0.5, 0.6) is 0 Å². The van der Waals surface area contributed by atoms with Gasteiger partial charge in [0.15, 0.2) is 0 Å². The molecule has 4 rings (SSSR count). The van der Waals surface area contributed by atoms with Crippen LogP contribution in [0.25, 0.3) is 6.08 Å². The van der Waals surface area contributed by atoms with E-state index in [-0.39, 0.29) is 23.3 Å². The number of thioether (sulfide) groups is 1. The van der Waals surface area contributed by atoms with Gasteiger partial charge < -0.3 is 16.0 Å². The van der Waals surface area contributed by atoms with Crippen molar-refractivity contribution in [1.82, 2.24) is 5.32 Å². The molecule has 0 spiro atoms. The Bertz CT molecular complexity index is 1540. The molecule has 0 aliphatic rings. The minimum atomic E-state index is -0.457. The Morgan fingerprint density at radius 2 is 1.46 bits per heavy atom. The van der Waals surface area contributed by atoms with Crippen LogP contribution in [0.4, 0.5) is 11.4 Å². The van der Waals surface area contributed by atoms with E-state index in [0.29, 0.717) is 27.9 Å². The lowest BCUT2D eigenvalue weighted by Gasteiger charge is -2.12. The first kappa shape index (κ1) is 29.6. The molecule has 0 aromatic heterocycles. The highest BCUT2D eigenvalue weighted by atomic mass is 35.5. The van der Waals surface area contributed by atoms with Crippen LogP contribution >= 0.6 is 23.4 Å². The highest BCUT2D eigenvalue weighted by molar-refractivity contribution is 8.00. The lowest BCUT2D eigenvalue weighted by atomic mass is 10.0. The quantitative estimate of drug-likeness (QED) is 0.132. The standard InChI is InChI=1S/C33H30ClN3O3S/c1-22(2)24-14-12-23(13-15-24)20-30(37-32(39)25-8-4-3-5-9-25)33(40)35-26-16-18-27(19-17-26)41-21-31(38)36-29-11-7-6-10-28(29)34/h3-20,22H,21H2,1-2H3,(H,35,40)(H,36,38)(H,37,39)/b30-20-. The summed E-state index contributed by atoms with van der Waals surface area (Å²) < 4.78 is 0. The molecule has 3 N–H and O–H groups in total. The summed E-state index contributed by atoms with van der Waals surface area (Å²) in [7, 11) is 0. The Labute approximate surface area is 249 Å². The van der Waals surface area contributed by atoms with E-state index >= 15 is 0 Å². The molecule has 208 valence electrons. The molecule has 0 fully saturated rings. The van der Waals surface area contributed by atoms with Crippen LogP contribution in [0.15, 0.2) is 114 Å². The summed E-state index contributed by atoms with van der Waals surface area (Å²) in [6, 6.07) is 30.8. The first-order valence-electron chi connectivity index (χ1n) is 13.0. The van der Waals surface area contributed by atoms with Crippen LogP contribution in [0, 0.1) is 0 Å². The molecule has 3 amide bonds. The van der Waals surface area contributed by atoms with E-state index in [0.717, 1.165) is 10.5 Å². The normalized spacial score (nSPS) is 11.2. The van der Waals surface area contributed by atoms with Crippen molar-refractivity contribution in [2.75, 3.05) is 16.4 Å². The molecule has 41 heavy (non-hydrogen) atoms. The maximum Gasteiger partial charge on any atom is 0.272 e. The largest absolute Gasteiger partial charge is 0.324 e. The van der Waals surface area contributed by atoms with Crippen molar-refractivity contribution in [3.05, 3.63) is 131 Å². The first-order chi connectivity index (χ1) is 19.8. The molecule has 0 saturated heterocycles. The summed E-state index contributed by atoms with van der Waals surface area (Å²) >= 11 is 7.47. The number of hydrogen-bond acceptors (Lipinski definition) is 4. The van der Waals surface area contributed by atoms with Gasteiger partial charge in [0.25, 0.3) is 11.8 Å². The Hall–Kier alpha value is -4.33. The number of carbonyl (C=O) groups excluding carboxylic acids is 3. The zero-order valence-corrected chi connectivity index (χ0v) is 24.3. The van der Waals surface area contributed by atoms with Gasteiger partial charge in [-0.05, 0) is 71.7 Å². The van der Waals surface area contributed by atoms with Gasteiger partial charge in [-0.1, -0.05) is 80.0 Å². The van der Waals surface area contributed by atoms with Crippen molar-refractivity contribution in [3.8, 4) is 0 Å². The van der Waals surface area contributed by atoms with Crippen LogP contribution in [-0.4, -0.2) is 23.5 Å². The Balaban J connectivity index is 1.42. The molecule has 0 bridgehead atoms. The minimum Gasteiger partial charge on any atom is -0.324 e. The molecule has 0 heterocycles. The number of benzene rings is 4. The summed E-state index contributed by atoms with van der Waals surface area (Å²) in [5, 5.41) is 8.89. The minimum absolute atomic E-state index is 0.117. The summed E-state index contributed by atoms with van der Waals surface area (Å²) in [5.41, 5.74) is 3.65. The maximum atomic E-state index is 13.3. The maximum absolute atomic E-state index is 13.3. The molecular formula is C33H30ClN3O3S. The molecule has 6 nitrogen and oxygen atoms in total. The van der Waals surface area contributed by atoms with Crippen molar-refractivity contribution in [1.29, 1.82) is 0 Å². The van der Waals surface area contributed by atoms with Gasteiger partial charge in [-0.25, -0.2) is 0 Å². The zero-order chi connectivity index (χ0) is 29.2. The van der Waals surface area contributed by atoms with Gasteiger partial charge in [0.2, 0.25) is 5.91 Å². The number of hydrogen-bond donors (Lipinski definition) is 3. The van der Waals surface area contributed by atoms with E-state index in [1.54, 1.807) is 66.7 Å². The van der Waals surface area contributed by atoms with Gasteiger partial charge in [0, 0.05) is 16.1 Å². The van der Waals surface area contributed by atoms with E-state index in [4.69, 9.17) is 11.6 Å². The third-order valence-corrected chi connectivity index (χ3v) is 7.41. The smallest absolute Gasteiger partial charge is 0.272 e. The predicted octanol–water partition coefficient (Wildman–Crippen LogP) is 7.60. The van der Waals surface area contributed by atoms with Gasteiger partial charge in [-0.3, -0.25) is 14.4 Å². The van der Waals surface area contributed by atoms with Crippen LogP contribution < -0.4 is 16.0 Å². The predicted molar refractivity (Wildman–Crippen MR) is 168 cm³/mol. The van der Waals surface area contributed by atoms with Gasteiger partial charge in [0.05, 0.1) is 16.5 Å². The lowest BCUT2D eigenvalue weighted by molar-refractivity contribution is -0.114. The number of carbonyl (C=O) groups is 3. The highest BCUT2D eigenvalue weighted by Gasteiger charge is 2.15.